The topological polar surface area (TPSA) is 52.8 Å². The normalized spacial score (nSPS) is 11.0. The third kappa shape index (κ3) is 4.71. The van der Waals surface area contributed by atoms with E-state index >= 15 is 0 Å². The van der Waals surface area contributed by atoms with Gasteiger partial charge in [-0.2, -0.15) is 0 Å². The van der Waals surface area contributed by atoms with Gasteiger partial charge in [0.15, 0.2) is 11.0 Å². The molecule has 0 spiro atoms. The maximum absolute atomic E-state index is 13.0. The fraction of sp³-hybridized carbons (Fsp3) is 0.227. The van der Waals surface area contributed by atoms with Gasteiger partial charge in [-0.1, -0.05) is 36.0 Å². The molecule has 30 heavy (non-hydrogen) atoms. The lowest BCUT2D eigenvalue weighted by Gasteiger charge is -2.08. The average molecular weight is 441 g/mol. The maximum atomic E-state index is 13.0. The zero-order valence-electron chi connectivity index (χ0n) is 16.7. The minimum atomic E-state index is -0.287. The highest BCUT2D eigenvalue weighted by Crippen LogP contribution is 2.29. The summed E-state index contributed by atoms with van der Waals surface area (Å²) in [5.41, 5.74) is 3.43. The third-order valence-corrected chi connectivity index (χ3v) is 6.49. The first-order valence-electron chi connectivity index (χ1n) is 9.57. The molecule has 2 heterocycles. The first-order valence-corrected chi connectivity index (χ1v) is 11.4. The third-order valence-electron chi connectivity index (χ3n) is 4.57. The minimum Gasteiger partial charge on any atom is -0.486 e. The van der Waals surface area contributed by atoms with Gasteiger partial charge in [0, 0.05) is 23.2 Å². The Morgan fingerprint density at radius 2 is 1.90 bits per heavy atom. The van der Waals surface area contributed by atoms with Gasteiger partial charge in [0.1, 0.15) is 23.2 Å². The van der Waals surface area contributed by atoms with Gasteiger partial charge >= 0.3 is 0 Å². The van der Waals surface area contributed by atoms with Crippen LogP contribution in [0.5, 0.6) is 5.75 Å². The van der Waals surface area contributed by atoms with E-state index in [4.69, 9.17) is 9.72 Å². The van der Waals surface area contributed by atoms with Crippen molar-refractivity contribution in [3.05, 3.63) is 76.8 Å². The van der Waals surface area contributed by atoms with Gasteiger partial charge < -0.3 is 9.30 Å². The van der Waals surface area contributed by atoms with Crippen LogP contribution in [0.25, 0.3) is 10.6 Å². The molecular formula is C22H21FN4OS2. The largest absolute Gasteiger partial charge is 0.486 e. The number of nitrogens with zero attached hydrogens (tertiary/aromatic N) is 4. The fourth-order valence-electron chi connectivity index (χ4n) is 2.98. The molecule has 154 valence electrons. The minimum absolute atomic E-state index is 0.279. The van der Waals surface area contributed by atoms with Crippen LogP contribution in [0.3, 0.4) is 0 Å². The van der Waals surface area contributed by atoms with E-state index in [0.717, 1.165) is 34.0 Å². The molecule has 8 heteroatoms. The van der Waals surface area contributed by atoms with Crippen molar-refractivity contribution in [1.29, 1.82) is 0 Å². The fourth-order valence-corrected chi connectivity index (χ4v) is 4.91. The second-order valence-corrected chi connectivity index (χ2v) is 8.43. The molecule has 0 atom stereocenters. The van der Waals surface area contributed by atoms with Gasteiger partial charge in [-0.05, 0) is 43.7 Å². The molecule has 0 bridgehead atoms. The highest BCUT2D eigenvalue weighted by molar-refractivity contribution is 7.98. The summed E-state index contributed by atoms with van der Waals surface area (Å²) in [6.45, 7) is 5.17. The zero-order chi connectivity index (χ0) is 20.9. The Bertz CT molecular complexity index is 1120. The Hall–Kier alpha value is -2.71. The van der Waals surface area contributed by atoms with E-state index in [1.165, 1.54) is 23.3 Å². The van der Waals surface area contributed by atoms with E-state index in [1.54, 1.807) is 35.2 Å². The first kappa shape index (κ1) is 20.6. The molecule has 2 aromatic carbocycles. The number of hydrogen-bond donors (Lipinski definition) is 0. The molecule has 0 saturated carbocycles. The summed E-state index contributed by atoms with van der Waals surface area (Å²) < 4.78 is 20.8. The Labute approximate surface area is 183 Å². The predicted molar refractivity (Wildman–Crippen MR) is 118 cm³/mol. The van der Waals surface area contributed by atoms with Crippen LogP contribution in [0, 0.1) is 12.7 Å². The standard InChI is InChI=1S/C22H21FN4OS2/c1-3-27-20(12-28-18-10-8-16(23)9-11-18)25-26-22(27)30-14-17-13-29-21(24-17)19-7-5-4-6-15(19)2/h4-11,13H,3,12,14H2,1-2H3. The van der Waals surface area contributed by atoms with Crippen LogP contribution in [0.4, 0.5) is 4.39 Å². The second-order valence-electron chi connectivity index (χ2n) is 6.63. The van der Waals surface area contributed by atoms with Crippen molar-refractivity contribution in [2.24, 2.45) is 0 Å². The number of ether oxygens (including phenoxy) is 1. The van der Waals surface area contributed by atoms with E-state index in [0.29, 0.717) is 5.75 Å². The summed E-state index contributed by atoms with van der Waals surface area (Å²) in [5.74, 6) is 1.77. The molecule has 0 aliphatic carbocycles. The van der Waals surface area contributed by atoms with Crippen LogP contribution in [0.1, 0.15) is 24.0 Å². The van der Waals surface area contributed by atoms with Crippen molar-refractivity contribution in [2.45, 2.75) is 37.9 Å². The summed E-state index contributed by atoms with van der Waals surface area (Å²) in [5, 5.41) is 12.6. The SMILES string of the molecule is CCn1c(COc2ccc(F)cc2)nnc1SCc1csc(-c2ccccc2C)n1. The summed E-state index contributed by atoms with van der Waals surface area (Å²) in [4.78, 5) is 4.79. The number of benzene rings is 2. The first-order chi connectivity index (χ1) is 14.6. The maximum Gasteiger partial charge on any atom is 0.191 e. The molecule has 0 amide bonds. The van der Waals surface area contributed by atoms with E-state index in [-0.39, 0.29) is 12.4 Å². The quantitative estimate of drug-likeness (QED) is 0.327. The lowest BCUT2D eigenvalue weighted by atomic mass is 10.1. The Morgan fingerprint density at radius 3 is 2.67 bits per heavy atom. The van der Waals surface area contributed by atoms with Crippen molar-refractivity contribution >= 4 is 23.1 Å². The van der Waals surface area contributed by atoms with Crippen LogP contribution in [-0.2, 0) is 18.9 Å². The molecule has 2 aromatic heterocycles. The van der Waals surface area contributed by atoms with Crippen LogP contribution < -0.4 is 4.74 Å². The monoisotopic (exact) mass is 440 g/mol. The molecule has 0 aliphatic rings. The number of aromatic nitrogens is 4. The number of halogens is 1. The summed E-state index contributed by atoms with van der Waals surface area (Å²) in [6, 6.07) is 14.2. The number of hydrogen-bond acceptors (Lipinski definition) is 6. The molecule has 0 unspecified atom stereocenters. The predicted octanol–water partition coefficient (Wildman–Crippen LogP) is 5.74. The van der Waals surface area contributed by atoms with E-state index in [2.05, 4.69) is 34.6 Å². The summed E-state index contributed by atoms with van der Waals surface area (Å²) in [6.07, 6.45) is 0. The van der Waals surface area contributed by atoms with Crippen LogP contribution in [-0.4, -0.2) is 19.7 Å². The smallest absolute Gasteiger partial charge is 0.191 e. The van der Waals surface area contributed by atoms with Gasteiger partial charge in [0.2, 0.25) is 0 Å². The molecule has 0 fully saturated rings. The van der Waals surface area contributed by atoms with Gasteiger partial charge in [-0.3, -0.25) is 0 Å². The van der Waals surface area contributed by atoms with E-state index in [9.17, 15) is 4.39 Å². The summed E-state index contributed by atoms with van der Waals surface area (Å²) in [7, 11) is 0. The lowest BCUT2D eigenvalue weighted by Crippen LogP contribution is -2.07. The zero-order valence-corrected chi connectivity index (χ0v) is 18.3. The highest BCUT2D eigenvalue weighted by Gasteiger charge is 2.14. The number of thioether (sulfide) groups is 1. The van der Waals surface area contributed by atoms with Crippen molar-refractivity contribution in [3.63, 3.8) is 0 Å². The molecule has 0 N–H and O–H groups in total. The van der Waals surface area contributed by atoms with Gasteiger partial charge in [-0.25, -0.2) is 9.37 Å². The van der Waals surface area contributed by atoms with Gasteiger partial charge in [0.05, 0.1) is 5.69 Å². The molecular weight excluding hydrogens is 419 g/mol. The van der Waals surface area contributed by atoms with Crippen molar-refractivity contribution < 1.29 is 9.13 Å². The van der Waals surface area contributed by atoms with Crippen molar-refractivity contribution in [1.82, 2.24) is 19.7 Å². The van der Waals surface area contributed by atoms with Crippen LogP contribution >= 0.6 is 23.1 Å². The van der Waals surface area contributed by atoms with Crippen molar-refractivity contribution in [2.75, 3.05) is 0 Å². The number of rotatable bonds is 8. The van der Waals surface area contributed by atoms with Crippen LogP contribution in [0.15, 0.2) is 59.1 Å². The Morgan fingerprint density at radius 1 is 1.10 bits per heavy atom. The Kier molecular flexibility index (Phi) is 6.44. The second kappa shape index (κ2) is 9.40. The van der Waals surface area contributed by atoms with Crippen LogP contribution in [0.2, 0.25) is 0 Å². The molecule has 0 radical (unpaired) electrons. The van der Waals surface area contributed by atoms with E-state index in [1.807, 2.05) is 23.6 Å². The molecule has 0 saturated heterocycles. The van der Waals surface area contributed by atoms with E-state index < -0.39 is 0 Å². The lowest BCUT2D eigenvalue weighted by molar-refractivity contribution is 0.288. The molecule has 4 rings (SSSR count). The number of aryl methyl sites for hydroxylation is 1. The van der Waals surface area contributed by atoms with Crippen molar-refractivity contribution in [3.8, 4) is 16.3 Å². The average Bonchev–Trinajstić information content (AvgIpc) is 3.38. The van der Waals surface area contributed by atoms with Gasteiger partial charge in [-0.15, -0.1) is 21.5 Å². The number of thiazole rings is 1. The van der Waals surface area contributed by atoms with Gasteiger partial charge in [0.25, 0.3) is 0 Å². The Balaban J connectivity index is 1.40. The molecule has 4 aromatic rings. The summed E-state index contributed by atoms with van der Waals surface area (Å²) >= 11 is 3.27. The molecule has 5 nitrogen and oxygen atoms in total. The molecule has 0 aliphatic heterocycles. The highest BCUT2D eigenvalue weighted by atomic mass is 32.2.